The second-order valence-corrected chi connectivity index (χ2v) is 3.93. The van der Waals surface area contributed by atoms with Gasteiger partial charge >= 0.3 is 0 Å². The summed E-state index contributed by atoms with van der Waals surface area (Å²) in [5.41, 5.74) is 1.55. The van der Waals surface area contributed by atoms with Gasteiger partial charge in [0.1, 0.15) is 0 Å². The van der Waals surface area contributed by atoms with Crippen LogP contribution in [0.25, 0.3) is 10.9 Å². The summed E-state index contributed by atoms with van der Waals surface area (Å²) in [6, 6.07) is 7.51. The zero-order chi connectivity index (χ0) is 10.1. The van der Waals surface area contributed by atoms with Crippen LogP contribution in [-0.2, 0) is 6.54 Å². The first-order chi connectivity index (χ1) is 6.65. The molecule has 0 bridgehead atoms. The van der Waals surface area contributed by atoms with E-state index < -0.39 is 0 Å². The van der Waals surface area contributed by atoms with Gasteiger partial charge in [0.2, 0.25) is 6.54 Å². The van der Waals surface area contributed by atoms with Crippen LogP contribution in [0.2, 0.25) is 0 Å². The van der Waals surface area contributed by atoms with Crippen molar-refractivity contribution in [3.8, 4) is 0 Å². The van der Waals surface area contributed by atoms with Crippen LogP contribution in [0.4, 0.5) is 0 Å². The van der Waals surface area contributed by atoms with Gasteiger partial charge in [-0.25, -0.2) is 0 Å². The molecule has 0 unspecified atom stereocenters. The van der Waals surface area contributed by atoms with Gasteiger partial charge in [0.05, 0.1) is 5.69 Å². The molecule has 72 valence electrons. The summed E-state index contributed by atoms with van der Waals surface area (Å²) in [5, 5.41) is 11.3. The molecule has 0 aliphatic heterocycles. The van der Waals surface area contributed by atoms with E-state index in [2.05, 4.69) is 20.9 Å². The van der Waals surface area contributed by atoms with Gasteiger partial charge in [0.25, 0.3) is 0 Å². The maximum absolute atomic E-state index is 10.3. The number of nitrogens with one attached hydrogen (secondary N) is 1. The van der Waals surface area contributed by atoms with Gasteiger partial charge in [0.15, 0.2) is 0 Å². The van der Waals surface area contributed by atoms with Crippen LogP contribution in [0.3, 0.4) is 0 Å². The number of hydrogen-bond acceptors (Lipinski definition) is 2. The smallest absolute Gasteiger partial charge is 0.243 e. The number of rotatable bonds is 2. The van der Waals surface area contributed by atoms with Crippen molar-refractivity contribution in [3.05, 3.63) is 44.5 Å². The molecule has 1 aromatic carbocycles. The van der Waals surface area contributed by atoms with Crippen molar-refractivity contribution < 1.29 is 4.92 Å². The minimum Gasteiger partial charge on any atom is -0.353 e. The molecule has 0 aliphatic carbocycles. The number of benzene rings is 1. The second-order valence-electron chi connectivity index (χ2n) is 3.02. The van der Waals surface area contributed by atoms with E-state index in [1.54, 1.807) is 6.07 Å². The maximum Gasteiger partial charge on any atom is 0.243 e. The normalized spacial score (nSPS) is 10.6. The molecule has 4 nitrogen and oxygen atoms in total. The lowest BCUT2D eigenvalue weighted by atomic mass is 10.2. The molecular weight excluding hydrogens is 248 g/mol. The summed E-state index contributed by atoms with van der Waals surface area (Å²) in [5.74, 6) is 0. The molecule has 0 atom stereocenters. The Morgan fingerprint density at radius 3 is 2.93 bits per heavy atom. The van der Waals surface area contributed by atoms with Crippen molar-refractivity contribution >= 4 is 26.8 Å². The van der Waals surface area contributed by atoms with E-state index in [0.717, 1.165) is 15.4 Å². The first kappa shape index (κ1) is 9.21. The van der Waals surface area contributed by atoms with Crippen molar-refractivity contribution in [1.29, 1.82) is 0 Å². The van der Waals surface area contributed by atoms with Crippen LogP contribution in [0.5, 0.6) is 0 Å². The predicted octanol–water partition coefficient (Wildman–Crippen LogP) is 2.71. The third-order valence-electron chi connectivity index (χ3n) is 1.94. The molecule has 2 aromatic rings. The average Bonchev–Trinajstić information content (AvgIpc) is 2.44. The maximum atomic E-state index is 10.3. The first-order valence-corrected chi connectivity index (χ1v) is 4.83. The van der Waals surface area contributed by atoms with E-state index in [-0.39, 0.29) is 11.5 Å². The zero-order valence-electron chi connectivity index (χ0n) is 7.16. The SMILES string of the molecule is O=[N+]([O-])Cc1cc2cc(Br)ccc2[nH]1. The summed E-state index contributed by atoms with van der Waals surface area (Å²) >= 11 is 3.34. The number of nitro groups is 1. The molecular formula is C9H7BrN2O2. The van der Waals surface area contributed by atoms with Gasteiger partial charge in [-0.2, -0.15) is 0 Å². The molecule has 1 aromatic heterocycles. The molecule has 0 saturated carbocycles. The monoisotopic (exact) mass is 254 g/mol. The van der Waals surface area contributed by atoms with Crippen LogP contribution >= 0.6 is 15.9 Å². The number of halogens is 1. The molecule has 0 spiro atoms. The van der Waals surface area contributed by atoms with Crippen LogP contribution < -0.4 is 0 Å². The molecule has 0 saturated heterocycles. The largest absolute Gasteiger partial charge is 0.353 e. The van der Waals surface area contributed by atoms with Crippen molar-refractivity contribution in [2.75, 3.05) is 0 Å². The number of aromatic amines is 1. The molecule has 0 amide bonds. The van der Waals surface area contributed by atoms with Crippen LogP contribution in [0.15, 0.2) is 28.7 Å². The molecule has 14 heavy (non-hydrogen) atoms. The summed E-state index contributed by atoms with van der Waals surface area (Å²) in [6.07, 6.45) is 0. The number of hydrogen-bond donors (Lipinski definition) is 1. The Kier molecular flexibility index (Phi) is 2.25. The van der Waals surface area contributed by atoms with E-state index >= 15 is 0 Å². The van der Waals surface area contributed by atoms with E-state index in [1.807, 2.05) is 18.2 Å². The van der Waals surface area contributed by atoms with Crippen LogP contribution in [0.1, 0.15) is 5.69 Å². The fourth-order valence-corrected chi connectivity index (χ4v) is 1.77. The molecule has 0 fully saturated rings. The molecule has 5 heteroatoms. The summed E-state index contributed by atoms with van der Waals surface area (Å²) in [6.45, 7) is -0.160. The lowest BCUT2D eigenvalue weighted by Crippen LogP contribution is -1.97. The minimum atomic E-state index is -0.347. The fraction of sp³-hybridized carbons (Fsp3) is 0.111. The fourth-order valence-electron chi connectivity index (χ4n) is 1.39. The molecule has 0 aliphatic rings. The van der Waals surface area contributed by atoms with Crippen LogP contribution in [0, 0.1) is 10.1 Å². The van der Waals surface area contributed by atoms with Gasteiger partial charge in [-0.1, -0.05) is 15.9 Å². The van der Waals surface area contributed by atoms with Crippen molar-refractivity contribution in [2.45, 2.75) is 6.54 Å². The van der Waals surface area contributed by atoms with Crippen molar-refractivity contribution in [3.63, 3.8) is 0 Å². The lowest BCUT2D eigenvalue weighted by Gasteiger charge is -1.89. The lowest BCUT2D eigenvalue weighted by molar-refractivity contribution is -0.497. The third kappa shape index (κ3) is 1.77. The molecule has 2 rings (SSSR count). The summed E-state index contributed by atoms with van der Waals surface area (Å²) < 4.78 is 0.969. The highest BCUT2D eigenvalue weighted by atomic mass is 79.9. The highest BCUT2D eigenvalue weighted by Crippen LogP contribution is 2.20. The van der Waals surface area contributed by atoms with Crippen molar-refractivity contribution in [2.24, 2.45) is 0 Å². The Bertz CT molecular complexity index is 493. The molecule has 0 radical (unpaired) electrons. The van der Waals surface area contributed by atoms with E-state index in [1.165, 1.54) is 0 Å². The number of nitrogens with zero attached hydrogens (tertiary/aromatic N) is 1. The summed E-state index contributed by atoms with van der Waals surface area (Å²) in [7, 11) is 0. The highest BCUT2D eigenvalue weighted by molar-refractivity contribution is 9.10. The highest BCUT2D eigenvalue weighted by Gasteiger charge is 2.05. The van der Waals surface area contributed by atoms with Gasteiger partial charge in [-0.05, 0) is 24.3 Å². The second kappa shape index (κ2) is 3.42. The number of H-pyrrole nitrogens is 1. The average molecular weight is 255 g/mol. The Morgan fingerprint density at radius 1 is 1.43 bits per heavy atom. The minimum absolute atomic E-state index is 0.160. The van der Waals surface area contributed by atoms with Gasteiger partial charge in [-0.15, -0.1) is 0 Å². The van der Waals surface area contributed by atoms with Gasteiger partial charge in [0, 0.05) is 20.3 Å². The Labute approximate surface area is 88.2 Å². The first-order valence-electron chi connectivity index (χ1n) is 4.04. The third-order valence-corrected chi connectivity index (χ3v) is 2.43. The molecule has 1 heterocycles. The molecule has 1 N–H and O–H groups in total. The Morgan fingerprint density at radius 2 is 2.21 bits per heavy atom. The van der Waals surface area contributed by atoms with E-state index in [4.69, 9.17) is 0 Å². The summed E-state index contributed by atoms with van der Waals surface area (Å²) in [4.78, 5) is 12.9. The predicted molar refractivity (Wildman–Crippen MR) is 56.7 cm³/mol. The Balaban J connectivity index is 2.46. The Hall–Kier alpha value is -1.36. The topological polar surface area (TPSA) is 58.9 Å². The number of aromatic nitrogens is 1. The van der Waals surface area contributed by atoms with Gasteiger partial charge in [-0.3, -0.25) is 10.1 Å². The van der Waals surface area contributed by atoms with E-state index in [0.29, 0.717) is 5.69 Å². The van der Waals surface area contributed by atoms with Crippen LogP contribution in [-0.4, -0.2) is 9.91 Å². The van der Waals surface area contributed by atoms with Crippen molar-refractivity contribution in [1.82, 2.24) is 4.98 Å². The zero-order valence-corrected chi connectivity index (χ0v) is 8.74. The van der Waals surface area contributed by atoms with E-state index in [9.17, 15) is 10.1 Å². The quantitative estimate of drug-likeness (QED) is 0.662. The van der Waals surface area contributed by atoms with Gasteiger partial charge < -0.3 is 4.98 Å². The number of fused-ring (bicyclic) bond motifs is 1. The standard InChI is InChI=1S/C9H7BrN2O2/c10-7-1-2-9-6(3-7)4-8(11-9)5-12(13)14/h1-4,11H,5H2.